The molecule has 1 N–H and O–H groups in total. The lowest BCUT2D eigenvalue weighted by atomic mass is 10.1. The summed E-state index contributed by atoms with van der Waals surface area (Å²) in [6.45, 7) is 0.324. The second-order valence-electron chi connectivity index (χ2n) is 8.66. The van der Waals surface area contributed by atoms with Gasteiger partial charge in [0.05, 0.1) is 5.52 Å². The number of hydrogen-bond acceptors (Lipinski definition) is 7. The molecule has 38 heavy (non-hydrogen) atoms. The topological polar surface area (TPSA) is 98.6 Å². The minimum atomic E-state index is -0.915. The summed E-state index contributed by atoms with van der Waals surface area (Å²) in [4.78, 5) is 30.1. The number of carbonyl (C=O) groups excluding carboxylic acids is 2. The van der Waals surface area contributed by atoms with E-state index < -0.39 is 6.04 Å². The Labute approximate surface area is 222 Å². The molecule has 0 aliphatic carbocycles. The highest BCUT2D eigenvalue weighted by molar-refractivity contribution is 7.10. The number of nitrogens with zero attached hydrogens (tertiary/aromatic N) is 4. The molecule has 0 unspecified atom stereocenters. The van der Waals surface area contributed by atoms with Crippen molar-refractivity contribution in [3.8, 4) is 11.5 Å². The van der Waals surface area contributed by atoms with E-state index in [1.165, 1.54) is 16.2 Å². The molecule has 0 saturated carbocycles. The van der Waals surface area contributed by atoms with Gasteiger partial charge in [-0.1, -0.05) is 53.7 Å². The first-order chi connectivity index (χ1) is 18.7. The van der Waals surface area contributed by atoms with E-state index in [2.05, 4.69) is 15.6 Å². The fourth-order valence-corrected chi connectivity index (χ4v) is 5.23. The molecule has 5 aromatic rings. The molecule has 2 amide bonds. The van der Waals surface area contributed by atoms with Crippen molar-refractivity contribution in [1.29, 1.82) is 0 Å². The van der Waals surface area contributed by atoms with Gasteiger partial charge in [-0.25, -0.2) is 4.68 Å². The molecule has 10 heteroatoms. The van der Waals surface area contributed by atoms with Crippen LogP contribution in [0.2, 0.25) is 0 Å². The van der Waals surface area contributed by atoms with Crippen LogP contribution in [0.3, 0.4) is 0 Å². The zero-order chi connectivity index (χ0) is 25.9. The van der Waals surface area contributed by atoms with Crippen LogP contribution in [0.25, 0.3) is 11.0 Å². The SMILES string of the molecule is O=C(NCc1ccccc1)[C@H](c1cccs1)N(C(=O)Cn1nnc2ccccc21)c1ccc2c(c1)OCO2. The minimum Gasteiger partial charge on any atom is -0.454 e. The largest absolute Gasteiger partial charge is 0.454 e. The Kier molecular flexibility index (Phi) is 6.45. The van der Waals surface area contributed by atoms with Crippen LogP contribution in [-0.4, -0.2) is 33.6 Å². The van der Waals surface area contributed by atoms with Gasteiger partial charge in [-0.15, -0.1) is 16.4 Å². The van der Waals surface area contributed by atoms with Crippen molar-refractivity contribution in [2.45, 2.75) is 19.1 Å². The highest BCUT2D eigenvalue weighted by atomic mass is 32.1. The van der Waals surface area contributed by atoms with Crippen LogP contribution in [0.4, 0.5) is 5.69 Å². The number of anilines is 1. The molecule has 1 atom stereocenters. The molecule has 0 fully saturated rings. The van der Waals surface area contributed by atoms with Gasteiger partial charge in [0, 0.05) is 23.2 Å². The number of nitrogens with one attached hydrogen (secondary N) is 1. The van der Waals surface area contributed by atoms with Crippen molar-refractivity contribution < 1.29 is 19.1 Å². The van der Waals surface area contributed by atoms with Crippen molar-refractivity contribution in [3.05, 3.63) is 101 Å². The molecule has 0 spiro atoms. The minimum absolute atomic E-state index is 0.101. The van der Waals surface area contributed by atoms with Gasteiger partial charge in [-0.2, -0.15) is 0 Å². The number of amides is 2. The summed E-state index contributed by atoms with van der Waals surface area (Å²) in [5.74, 6) is 0.476. The molecule has 3 aromatic carbocycles. The number of fused-ring (bicyclic) bond motifs is 2. The zero-order valence-corrected chi connectivity index (χ0v) is 21.0. The molecule has 0 bridgehead atoms. The Bertz CT molecular complexity index is 1590. The lowest BCUT2D eigenvalue weighted by Gasteiger charge is -2.31. The number of carbonyl (C=O) groups is 2. The van der Waals surface area contributed by atoms with E-state index in [0.717, 1.165) is 16.0 Å². The maximum absolute atomic E-state index is 14.1. The molecule has 6 rings (SSSR count). The summed E-state index contributed by atoms with van der Waals surface area (Å²) in [5.41, 5.74) is 2.88. The fraction of sp³-hybridized carbons (Fsp3) is 0.143. The number of hydrogen-bond donors (Lipinski definition) is 1. The molecule has 190 valence electrons. The van der Waals surface area contributed by atoms with Crippen molar-refractivity contribution >= 4 is 39.9 Å². The third kappa shape index (κ3) is 4.69. The van der Waals surface area contributed by atoms with E-state index in [0.29, 0.717) is 29.2 Å². The van der Waals surface area contributed by atoms with E-state index in [9.17, 15) is 9.59 Å². The maximum atomic E-state index is 14.1. The Hall–Kier alpha value is -4.70. The Morgan fingerprint density at radius 2 is 1.79 bits per heavy atom. The van der Waals surface area contributed by atoms with E-state index in [-0.39, 0.29) is 25.2 Å². The molecule has 9 nitrogen and oxygen atoms in total. The number of thiophene rings is 1. The standard InChI is InChI=1S/C28H23N5O4S/c34-26(17-32-22-10-5-4-9-21(22)30-31-32)33(20-12-13-23-24(15-20)37-18-36-23)27(25-11-6-14-38-25)28(35)29-16-19-7-2-1-3-8-19/h1-15,27H,16-18H2,(H,29,35)/t27-/m0/s1. The Morgan fingerprint density at radius 3 is 2.63 bits per heavy atom. The summed E-state index contributed by atoms with van der Waals surface area (Å²) < 4.78 is 12.6. The van der Waals surface area contributed by atoms with Gasteiger partial charge in [0.1, 0.15) is 18.1 Å². The average Bonchev–Trinajstić information content (AvgIpc) is 3.72. The van der Waals surface area contributed by atoms with Crippen LogP contribution in [0, 0.1) is 0 Å². The maximum Gasteiger partial charge on any atom is 0.249 e. The molecular formula is C28H23N5O4S. The van der Waals surface area contributed by atoms with Gasteiger partial charge in [0.15, 0.2) is 11.5 Å². The third-order valence-electron chi connectivity index (χ3n) is 6.24. The van der Waals surface area contributed by atoms with Gasteiger partial charge in [0.25, 0.3) is 0 Å². The van der Waals surface area contributed by atoms with Crippen LogP contribution in [-0.2, 0) is 22.7 Å². The van der Waals surface area contributed by atoms with Crippen molar-refractivity contribution in [3.63, 3.8) is 0 Å². The summed E-state index contributed by atoms with van der Waals surface area (Å²) >= 11 is 1.41. The summed E-state index contributed by atoms with van der Waals surface area (Å²) in [7, 11) is 0. The van der Waals surface area contributed by atoms with E-state index in [4.69, 9.17) is 9.47 Å². The van der Waals surface area contributed by atoms with Crippen LogP contribution in [0.5, 0.6) is 11.5 Å². The van der Waals surface area contributed by atoms with Gasteiger partial charge in [0.2, 0.25) is 18.6 Å². The van der Waals surface area contributed by atoms with Gasteiger partial charge < -0.3 is 14.8 Å². The normalized spacial score (nSPS) is 12.8. The van der Waals surface area contributed by atoms with Crippen LogP contribution in [0.1, 0.15) is 16.5 Å². The second kappa shape index (κ2) is 10.3. The first-order valence-electron chi connectivity index (χ1n) is 12.0. The molecule has 3 heterocycles. The van der Waals surface area contributed by atoms with Crippen molar-refractivity contribution in [2.24, 2.45) is 0 Å². The highest BCUT2D eigenvalue weighted by Gasteiger charge is 2.34. The van der Waals surface area contributed by atoms with Crippen LogP contribution in [0.15, 0.2) is 90.3 Å². The van der Waals surface area contributed by atoms with Crippen molar-refractivity contribution in [2.75, 3.05) is 11.7 Å². The fourth-order valence-electron chi connectivity index (χ4n) is 4.41. The molecule has 0 radical (unpaired) electrons. The van der Waals surface area contributed by atoms with Crippen LogP contribution >= 0.6 is 11.3 Å². The van der Waals surface area contributed by atoms with E-state index in [1.54, 1.807) is 22.9 Å². The summed E-state index contributed by atoms with van der Waals surface area (Å²) in [5, 5.41) is 13.3. The first-order valence-corrected chi connectivity index (χ1v) is 12.9. The molecule has 2 aromatic heterocycles. The molecule has 1 aliphatic rings. The van der Waals surface area contributed by atoms with E-state index in [1.807, 2.05) is 72.1 Å². The predicted molar refractivity (Wildman–Crippen MR) is 143 cm³/mol. The molecule has 1 aliphatic heterocycles. The summed E-state index contributed by atoms with van der Waals surface area (Å²) in [6, 6.07) is 25.1. The quantitative estimate of drug-likeness (QED) is 0.324. The van der Waals surface area contributed by atoms with Crippen molar-refractivity contribution in [1.82, 2.24) is 20.3 Å². The average molecular weight is 526 g/mol. The lowest BCUT2D eigenvalue weighted by molar-refractivity contribution is -0.127. The molecule has 0 saturated heterocycles. The third-order valence-corrected chi connectivity index (χ3v) is 7.16. The monoisotopic (exact) mass is 525 g/mol. The lowest BCUT2D eigenvalue weighted by Crippen LogP contribution is -2.45. The number of benzene rings is 3. The molecular weight excluding hydrogens is 502 g/mol. The zero-order valence-electron chi connectivity index (χ0n) is 20.2. The number of para-hydroxylation sites is 1. The first kappa shape index (κ1) is 23.7. The smallest absolute Gasteiger partial charge is 0.249 e. The van der Waals surface area contributed by atoms with Gasteiger partial charge >= 0.3 is 0 Å². The summed E-state index contributed by atoms with van der Waals surface area (Å²) in [6.07, 6.45) is 0. The predicted octanol–water partition coefficient (Wildman–Crippen LogP) is 4.31. The van der Waals surface area contributed by atoms with E-state index >= 15 is 0 Å². The van der Waals surface area contributed by atoms with Crippen LogP contribution < -0.4 is 19.7 Å². The Balaban J connectivity index is 1.38. The van der Waals surface area contributed by atoms with Gasteiger partial charge in [-0.05, 0) is 41.3 Å². The Morgan fingerprint density at radius 1 is 0.974 bits per heavy atom. The highest BCUT2D eigenvalue weighted by Crippen LogP contribution is 2.39. The second-order valence-corrected chi connectivity index (χ2v) is 9.64. The van der Waals surface area contributed by atoms with Gasteiger partial charge in [-0.3, -0.25) is 14.5 Å². The number of ether oxygens (including phenoxy) is 2. The number of rotatable bonds is 8. The number of aromatic nitrogens is 3.